The van der Waals surface area contributed by atoms with Crippen LogP contribution in [0.1, 0.15) is 16.2 Å². The van der Waals surface area contributed by atoms with Crippen molar-refractivity contribution < 1.29 is 17.9 Å². The molecule has 1 aliphatic rings. The molecule has 2 N–H and O–H groups in total. The summed E-state index contributed by atoms with van der Waals surface area (Å²) in [4.78, 5) is 12.5. The molecule has 9 nitrogen and oxygen atoms in total. The van der Waals surface area contributed by atoms with E-state index in [2.05, 4.69) is 15.5 Å². The number of amides is 1. The molecule has 1 fully saturated rings. The molecule has 3 rings (SSSR count). The van der Waals surface area contributed by atoms with Crippen molar-refractivity contribution in [3.63, 3.8) is 0 Å². The predicted octanol–water partition coefficient (Wildman–Crippen LogP) is 0.471. The Labute approximate surface area is 162 Å². The highest BCUT2D eigenvalue weighted by atomic mass is 32.2. The summed E-state index contributed by atoms with van der Waals surface area (Å²) < 4.78 is 34.2. The van der Waals surface area contributed by atoms with Gasteiger partial charge in [0.05, 0.1) is 18.1 Å². The van der Waals surface area contributed by atoms with E-state index < -0.39 is 10.0 Å². The van der Waals surface area contributed by atoms with Crippen LogP contribution in [0.3, 0.4) is 0 Å². The summed E-state index contributed by atoms with van der Waals surface area (Å²) >= 11 is 5.04. The molecule has 146 valence electrons. The van der Waals surface area contributed by atoms with Crippen molar-refractivity contribution in [1.29, 1.82) is 0 Å². The maximum atomic E-state index is 12.7. The predicted molar refractivity (Wildman–Crippen MR) is 100 cm³/mol. The molecule has 1 saturated heterocycles. The number of aromatic nitrogens is 3. The maximum Gasteiger partial charge on any atom is 0.251 e. The summed E-state index contributed by atoms with van der Waals surface area (Å²) in [6.07, 6.45) is 0.501. The second kappa shape index (κ2) is 8.30. The highest BCUT2D eigenvalue weighted by molar-refractivity contribution is 7.89. The van der Waals surface area contributed by atoms with E-state index in [0.29, 0.717) is 49.6 Å². The topological polar surface area (TPSA) is 109 Å². The molecule has 1 aliphatic heterocycles. The fourth-order valence-corrected chi connectivity index (χ4v) is 4.33. The van der Waals surface area contributed by atoms with Gasteiger partial charge in [-0.1, -0.05) is 6.07 Å². The number of nitrogens with zero attached hydrogens (tertiary/aromatic N) is 3. The van der Waals surface area contributed by atoms with E-state index in [-0.39, 0.29) is 10.8 Å². The number of rotatable bonds is 6. The standard InChI is InChI=1S/C16H21N5O4S2/c1-20-14(18-19-16(20)26)5-6-17-15(22)12-3-2-4-13(11-12)27(23,24)21-7-9-25-10-8-21/h2-4,11H,5-10H2,1H3,(H,17,22)(H,19,26). The Hall–Kier alpha value is -2.08. The van der Waals surface area contributed by atoms with Crippen molar-refractivity contribution in [2.24, 2.45) is 7.05 Å². The van der Waals surface area contributed by atoms with Gasteiger partial charge in [-0.3, -0.25) is 9.89 Å². The molecule has 0 unspecified atom stereocenters. The van der Waals surface area contributed by atoms with Crippen LogP contribution >= 0.6 is 12.2 Å². The Morgan fingerprint density at radius 3 is 2.78 bits per heavy atom. The van der Waals surface area contributed by atoms with E-state index in [1.54, 1.807) is 23.7 Å². The van der Waals surface area contributed by atoms with Crippen molar-refractivity contribution in [2.75, 3.05) is 32.8 Å². The molecule has 1 amide bonds. The molecule has 2 aromatic rings. The normalized spacial score (nSPS) is 15.6. The number of hydrogen-bond donors (Lipinski definition) is 2. The fraction of sp³-hybridized carbons (Fsp3) is 0.438. The summed E-state index contributed by atoms with van der Waals surface area (Å²) in [5, 5.41) is 9.54. The first-order valence-corrected chi connectivity index (χ1v) is 10.3. The Bertz CT molecular complexity index is 977. The third kappa shape index (κ3) is 4.43. The number of hydrogen-bond acceptors (Lipinski definition) is 6. The van der Waals surface area contributed by atoms with Gasteiger partial charge < -0.3 is 14.6 Å². The van der Waals surface area contributed by atoms with Crippen molar-refractivity contribution in [3.05, 3.63) is 40.4 Å². The van der Waals surface area contributed by atoms with Crippen LogP contribution in [-0.4, -0.2) is 66.2 Å². The molecule has 11 heteroatoms. The van der Waals surface area contributed by atoms with Crippen molar-refractivity contribution >= 4 is 28.1 Å². The quantitative estimate of drug-likeness (QED) is 0.669. The Morgan fingerprint density at radius 2 is 2.11 bits per heavy atom. The molecule has 0 saturated carbocycles. The summed E-state index contributed by atoms with van der Waals surface area (Å²) in [5.74, 6) is 0.384. The monoisotopic (exact) mass is 411 g/mol. The maximum absolute atomic E-state index is 12.7. The van der Waals surface area contributed by atoms with Gasteiger partial charge in [-0.2, -0.15) is 9.40 Å². The number of morpholine rings is 1. The second-order valence-corrected chi connectivity index (χ2v) is 8.38. The molecule has 1 aromatic carbocycles. The van der Waals surface area contributed by atoms with Gasteiger partial charge in [0.1, 0.15) is 5.82 Å². The number of ether oxygens (including phenoxy) is 1. The Kier molecular flexibility index (Phi) is 6.05. The van der Waals surface area contributed by atoms with Crippen molar-refractivity contribution in [3.8, 4) is 0 Å². The first-order valence-electron chi connectivity index (χ1n) is 8.46. The van der Waals surface area contributed by atoms with E-state index in [0.717, 1.165) is 5.82 Å². The lowest BCUT2D eigenvalue weighted by Crippen LogP contribution is -2.40. The minimum atomic E-state index is -3.64. The molecule has 0 atom stereocenters. The van der Waals surface area contributed by atoms with E-state index in [1.807, 2.05) is 0 Å². The number of carbonyl (C=O) groups excluding carboxylic acids is 1. The molecule has 27 heavy (non-hydrogen) atoms. The van der Waals surface area contributed by atoms with Crippen LogP contribution in [0.4, 0.5) is 0 Å². The summed E-state index contributed by atoms with van der Waals surface area (Å²) in [6, 6.07) is 6.05. The molecular formula is C16H21N5O4S2. The first-order chi connectivity index (χ1) is 12.9. The zero-order valence-corrected chi connectivity index (χ0v) is 16.5. The average Bonchev–Trinajstić information content (AvgIpc) is 3.01. The molecular weight excluding hydrogens is 390 g/mol. The molecule has 0 aliphatic carbocycles. The van der Waals surface area contributed by atoms with Gasteiger partial charge in [0.15, 0.2) is 4.77 Å². The zero-order valence-electron chi connectivity index (χ0n) is 14.8. The number of H-pyrrole nitrogens is 1. The lowest BCUT2D eigenvalue weighted by Gasteiger charge is -2.26. The summed E-state index contributed by atoms with van der Waals surface area (Å²) in [7, 11) is -1.85. The second-order valence-electron chi connectivity index (χ2n) is 6.05. The fourth-order valence-electron chi connectivity index (χ4n) is 2.73. The van der Waals surface area contributed by atoms with Crippen molar-refractivity contribution in [1.82, 2.24) is 24.4 Å². The van der Waals surface area contributed by atoms with Crippen LogP contribution in [0.2, 0.25) is 0 Å². The highest BCUT2D eigenvalue weighted by Crippen LogP contribution is 2.18. The lowest BCUT2D eigenvalue weighted by molar-refractivity contribution is 0.0730. The van der Waals surface area contributed by atoms with Gasteiger partial charge >= 0.3 is 0 Å². The molecule has 0 bridgehead atoms. The number of sulfonamides is 1. The first kappa shape index (κ1) is 19.7. The van der Waals surface area contributed by atoms with Crippen LogP contribution in [0.25, 0.3) is 0 Å². The minimum absolute atomic E-state index is 0.103. The minimum Gasteiger partial charge on any atom is -0.379 e. The van der Waals surface area contributed by atoms with Gasteiger partial charge in [0.25, 0.3) is 5.91 Å². The van der Waals surface area contributed by atoms with Crippen LogP contribution in [-0.2, 0) is 28.2 Å². The third-order valence-corrected chi connectivity index (χ3v) is 6.57. The van der Waals surface area contributed by atoms with Crippen LogP contribution in [0.5, 0.6) is 0 Å². The average molecular weight is 412 g/mol. The van der Waals surface area contributed by atoms with Gasteiger partial charge in [0.2, 0.25) is 10.0 Å². The van der Waals surface area contributed by atoms with Gasteiger partial charge in [-0.15, -0.1) is 0 Å². The van der Waals surface area contributed by atoms with Crippen LogP contribution < -0.4 is 5.32 Å². The van der Waals surface area contributed by atoms with E-state index in [9.17, 15) is 13.2 Å². The zero-order chi connectivity index (χ0) is 19.4. The molecule has 2 heterocycles. The highest BCUT2D eigenvalue weighted by Gasteiger charge is 2.26. The van der Waals surface area contributed by atoms with Crippen LogP contribution in [0, 0.1) is 4.77 Å². The smallest absolute Gasteiger partial charge is 0.251 e. The molecule has 0 spiro atoms. The Balaban J connectivity index is 1.66. The summed E-state index contributed by atoms with van der Waals surface area (Å²) in [5.41, 5.74) is 0.291. The van der Waals surface area contributed by atoms with Crippen molar-refractivity contribution in [2.45, 2.75) is 11.3 Å². The van der Waals surface area contributed by atoms with Gasteiger partial charge in [-0.25, -0.2) is 8.42 Å². The third-order valence-electron chi connectivity index (χ3n) is 4.31. The number of benzene rings is 1. The molecule has 0 radical (unpaired) electrons. The number of aromatic amines is 1. The van der Waals surface area contributed by atoms with Gasteiger partial charge in [0, 0.05) is 38.7 Å². The number of carbonyl (C=O) groups is 1. The largest absolute Gasteiger partial charge is 0.379 e. The molecule has 1 aromatic heterocycles. The van der Waals surface area contributed by atoms with E-state index in [4.69, 9.17) is 17.0 Å². The van der Waals surface area contributed by atoms with E-state index in [1.165, 1.54) is 16.4 Å². The SMILES string of the molecule is Cn1c(CCNC(=O)c2cccc(S(=O)(=O)N3CCOCC3)c2)n[nH]c1=S. The Morgan fingerprint density at radius 1 is 1.37 bits per heavy atom. The van der Waals surface area contributed by atoms with E-state index >= 15 is 0 Å². The van der Waals surface area contributed by atoms with Crippen LogP contribution in [0.15, 0.2) is 29.2 Å². The van der Waals surface area contributed by atoms with Gasteiger partial charge in [-0.05, 0) is 30.4 Å². The number of nitrogens with one attached hydrogen (secondary N) is 2. The lowest BCUT2D eigenvalue weighted by atomic mass is 10.2. The summed E-state index contributed by atoms with van der Waals surface area (Å²) in [6.45, 7) is 1.72.